The fourth-order valence-corrected chi connectivity index (χ4v) is 2.30. The van der Waals surface area contributed by atoms with Crippen LogP contribution < -0.4 is 10.2 Å². The van der Waals surface area contributed by atoms with Crippen LogP contribution in [0.15, 0.2) is 47.5 Å². The van der Waals surface area contributed by atoms with Crippen molar-refractivity contribution in [2.24, 2.45) is 4.99 Å². The number of rotatable bonds is 4. The third kappa shape index (κ3) is 3.22. The Hall–Kier alpha value is -3.40. The van der Waals surface area contributed by atoms with Crippen LogP contribution in [0.3, 0.4) is 0 Å². The monoisotopic (exact) mass is 379 g/mol. The van der Waals surface area contributed by atoms with Gasteiger partial charge in [0.05, 0.1) is 22.9 Å². The topological polar surface area (TPSA) is 108 Å². The predicted octanol–water partition coefficient (Wildman–Crippen LogP) is 2.85. The zero-order chi connectivity index (χ0) is 18.8. The van der Waals surface area contributed by atoms with Gasteiger partial charge in [0.1, 0.15) is 17.3 Å². The number of aromatic nitrogens is 3. The first-order valence-corrected chi connectivity index (χ1v) is 7.48. The van der Waals surface area contributed by atoms with Crippen molar-refractivity contribution in [2.45, 2.75) is 0 Å². The van der Waals surface area contributed by atoms with Crippen LogP contribution in [-0.2, 0) is 0 Å². The van der Waals surface area contributed by atoms with E-state index in [2.05, 4.69) is 10.1 Å². The quantitative estimate of drug-likeness (QED) is 0.426. The molecule has 1 heterocycles. The zero-order valence-electron chi connectivity index (χ0n) is 13.2. The summed E-state index contributed by atoms with van der Waals surface area (Å²) in [5, 5.41) is 25.1. The smallest absolute Gasteiger partial charge is 0.438 e. The van der Waals surface area contributed by atoms with E-state index in [1.807, 2.05) is 0 Å². The molecule has 0 spiro atoms. The van der Waals surface area contributed by atoms with Crippen LogP contribution in [0.5, 0.6) is 5.75 Å². The summed E-state index contributed by atoms with van der Waals surface area (Å²) in [7, 11) is 1.49. The number of methoxy groups -OCH3 is 1. The Labute approximate surface area is 150 Å². The van der Waals surface area contributed by atoms with Gasteiger partial charge in [-0.05, 0) is 52.2 Å². The van der Waals surface area contributed by atoms with Crippen molar-refractivity contribution < 1.29 is 19.3 Å². The summed E-state index contributed by atoms with van der Waals surface area (Å²) in [5.74, 6) is -0.791. The molecule has 3 aromatic rings. The average molecular weight is 380 g/mol. The highest BCUT2D eigenvalue weighted by molar-refractivity contribution is 6.30. The lowest BCUT2D eigenvalue weighted by Crippen LogP contribution is -2.22. The van der Waals surface area contributed by atoms with Gasteiger partial charge in [0.25, 0.3) is 5.49 Å². The van der Waals surface area contributed by atoms with Crippen molar-refractivity contribution >= 4 is 23.1 Å². The van der Waals surface area contributed by atoms with E-state index in [0.29, 0.717) is 16.3 Å². The molecule has 1 N–H and O–H groups in total. The summed E-state index contributed by atoms with van der Waals surface area (Å²) in [5.41, 5.74) is -0.0138. The summed E-state index contributed by atoms with van der Waals surface area (Å²) in [4.78, 5) is 15.7. The Balaban J connectivity index is 2.18. The van der Waals surface area contributed by atoms with Crippen LogP contribution in [0.25, 0.3) is 5.69 Å². The molecule has 0 saturated heterocycles. The van der Waals surface area contributed by atoms with E-state index in [1.54, 1.807) is 24.3 Å². The Kier molecular flexibility index (Phi) is 4.59. The molecule has 0 aliphatic heterocycles. The lowest BCUT2D eigenvalue weighted by Gasteiger charge is -2.02. The third-order valence-electron chi connectivity index (χ3n) is 3.37. The molecule has 26 heavy (non-hydrogen) atoms. The highest BCUT2D eigenvalue weighted by atomic mass is 35.5. The lowest BCUT2D eigenvalue weighted by atomic mass is 10.3. The van der Waals surface area contributed by atoms with Gasteiger partial charge >= 0.3 is 5.82 Å². The minimum atomic E-state index is -0.795. The molecular formula is C15H11ClFN5O4. The van der Waals surface area contributed by atoms with Crippen molar-refractivity contribution in [3.8, 4) is 11.4 Å². The number of hydrogen-bond donors (Lipinski definition) is 1. The molecule has 2 aromatic carbocycles. The van der Waals surface area contributed by atoms with E-state index in [1.165, 1.54) is 19.2 Å². The number of halogens is 2. The first kappa shape index (κ1) is 17.4. The van der Waals surface area contributed by atoms with Gasteiger partial charge in [-0.3, -0.25) is 0 Å². The second-order valence-corrected chi connectivity index (χ2v) is 5.40. The van der Waals surface area contributed by atoms with Crippen molar-refractivity contribution in [1.29, 1.82) is 0 Å². The van der Waals surface area contributed by atoms with E-state index in [4.69, 9.17) is 16.3 Å². The van der Waals surface area contributed by atoms with Crippen LogP contribution >= 0.6 is 11.6 Å². The van der Waals surface area contributed by atoms with Crippen LogP contribution in [0.2, 0.25) is 5.02 Å². The number of nitrogens with zero attached hydrogens (tertiary/aromatic N) is 5. The lowest BCUT2D eigenvalue weighted by molar-refractivity contribution is -0.391. The fraction of sp³-hybridized carbons (Fsp3) is 0.0667. The van der Waals surface area contributed by atoms with Crippen LogP contribution in [0, 0.1) is 15.9 Å². The van der Waals surface area contributed by atoms with Crippen molar-refractivity contribution in [3.63, 3.8) is 0 Å². The van der Waals surface area contributed by atoms with Crippen molar-refractivity contribution in [3.05, 3.63) is 68.9 Å². The molecule has 0 bridgehead atoms. The average Bonchev–Trinajstić information content (AvgIpc) is 2.95. The molecular weight excluding hydrogens is 369 g/mol. The van der Waals surface area contributed by atoms with E-state index in [0.717, 1.165) is 10.9 Å². The summed E-state index contributed by atoms with van der Waals surface area (Å²) in [6, 6.07) is 9.77. The second-order valence-electron chi connectivity index (χ2n) is 4.99. The van der Waals surface area contributed by atoms with Gasteiger partial charge in [-0.2, -0.15) is 0 Å². The van der Waals surface area contributed by atoms with Gasteiger partial charge in [-0.25, -0.2) is 9.38 Å². The molecule has 11 heteroatoms. The molecule has 0 atom stereocenters. The molecule has 0 radical (unpaired) electrons. The standard InChI is InChI=1S/C15H11ClFN5O4/c1-26-11-5-3-10(4-6-11)20-19-15(22(24)25)14(21(20)23)18-9-2-7-13(17)12(16)8-9/h2-8,23H,1H3. The molecule has 0 amide bonds. The molecule has 9 nitrogen and oxygen atoms in total. The van der Waals surface area contributed by atoms with E-state index >= 15 is 0 Å². The highest BCUT2D eigenvalue weighted by Crippen LogP contribution is 2.21. The van der Waals surface area contributed by atoms with Gasteiger partial charge in [-0.1, -0.05) is 16.4 Å². The SMILES string of the molecule is COc1ccc(-n2nc([N+](=O)[O-])c(=Nc3ccc(F)c(Cl)c3)n2O)cc1. The first-order chi connectivity index (χ1) is 12.4. The first-order valence-electron chi connectivity index (χ1n) is 7.11. The maximum atomic E-state index is 13.2. The molecule has 0 fully saturated rings. The summed E-state index contributed by atoms with van der Waals surface area (Å²) in [6.07, 6.45) is 0. The van der Waals surface area contributed by atoms with Crippen LogP contribution in [0.1, 0.15) is 0 Å². The molecule has 1 aromatic heterocycles. The van der Waals surface area contributed by atoms with Crippen molar-refractivity contribution in [1.82, 2.24) is 14.7 Å². The highest BCUT2D eigenvalue weighted by Gasteiger charge is 2.24. The maximum Gasteiger partial charge on any atom is 0.438 e. The molecule has 134 valence electrons. The Morgan fingerprint density at radius 2 is 2.00 bits per heavy atom. The summed E-state index contributed by atoms with van der Waals surface area (Å²) >= 11 is 5.68. The molecule has 3 rings (SSSR count). The van der Waals surface area contributed by atoms with Gasteiger partial charge in [-0.15, -0.1) is 0 Å². The van der Waals surface area contributed by atoms with Gasteiger partial charge in [0.2, 0.25) is 0 Å². The van der Waals surface area contributed by atoms with E-state index in [9.17, 15) is 19.7 Å². The minimum absolute atomic E-state index is 0.108. The molecule has 0 aliphatic rings. The van der Waals surface area contributed by atoms with Crippen LogP contribution in [-0.4, -0.2) is 32.0 Å². The van der Waals surface area contributed by atoms with Gasteiger partial charge < -0.3 is 20.1 Å². The van der Waals surface area contributed by atoms with Crippen LogP contribution in [0.4, 0.5) is 15.9 Å². The molecule has 0 saturated carbocycles. The Morgan fingerprint density at radius 1 is 1.31 bits per heavy atom. The summed E-state index contributed by atoms with van der Waals surface area (Å²) in [6.45, 7) is 0. The molecule has 0 unspecified atom stereocenters. The maximum absolute atomic E-state index is 13.2. The van der Waals surface area contributed by atoms with Gasteiger partial charge in [0.15, 0.2) is 0 Å². The minimum Gasteiger partial charge on any atom is -0.497 e. The zero-order valence-corrected chi connectivity index (χ0v) is 14.0. The van der Waals surface area contributed by atoms with Crippen molar-refractivity contribution in [2.75, 3.05) is 7.11 Å². The second kappa shape index (κ2) is 6.84. The molecule has 0 aliphatic carbocycles. The number of hydrogen-bond acceptors (Lipinski definition) is 6. The number of nitro groups is 1. The Bertz CT molecular complexity index is 1050. The fourth-order valence-electron chi connectivity index (χ4n) is 2.13. The third-order valence-corrected chi connectivity index (χ3v) is 3.66. The Morgan fingerprint density at radius 3 is 2.58 bits per heavy atom. The van der Waals surface area contributed by atoms with E-state index in [-0.39, 0.29) is 10.7 Å². The largest absolute Gasteiger partial charge is 0.497 e. The van der Waals surface area contributed by atoms with Gasteiger partial charge in [0, 0.05) is 0 Å². The van der Waals surface area contributed by atoms with E-state index < -0.39 is 22.0 Å². The summed E-state index contributed by atoms with van der Waals surface area (Å²) < 4.78 is 18.3. The number of ether oxygens (including phenoxy) is 1. The normalized spacial score (nSPS) is 11.6. The predicted molar refractivity (Wildman–Crippen MR) is 88.6 cm³/mol. The number of benzene rings is 2.